The maximum Gasteiger partial charge on any atom is 0.242 e. The number of benzene rings is 2. The van der Waals surface area contributed by atoms with Gasteiger partial charge in [0.05, 0.1) is 0 Å². The second kappa shape index (κ2) is 9.57. The number of aromatic amines is 1. The quantitative estimate of drug-likeness (QED) is 0.522. The van der Waals surface area contributed by atoms with Crippen LogP contribution in [-0.4, -0.2) is 29.9 Å². The maximum absolute atomic E-state index is 13.9. The average molecular weight is 410 g/mol. The average Bonchev–Trinajstić information content (AvgIpc) is 3.09. The number of likely N-dealkylation sites (N-methyl/N-ethyl adjacent to an activating group) is 1. The SMILES string of the molecule is CNC(=O)C(CC(C)C)NC(=O)CCc1c(-c2ccccc2)[nH]c2ccc(F)cc12. The third-order valence-corrected chi connectivity index (χ3v) is 5.14. The molecular formula is C24H28FN3O2. The van der Waals surface area contributed by atoms with Gasteiger partial charge < -0.3 is 15.6 Å². The van der Waals surface area contributed by atoms with Gasteiger partial charge in [-0.3, -0.25) is 9.59 Å². The van der Waals surface area contributed by atoms with E-state index >= 15 is 0 Å². The lowest BCUT2D eigenvalue weighted by atomic mass is 10.00. The van der Waals surface area contributed by atoms with E-state index in [1.54, 1.807) is 13.1 Å². The molecule has 6 heteroatoms. The van der Waals surface area contributed by atoms with Gasteiger partial charge in [-0.25, -0.2) is 4.39 Å². The molecule has 0 fully saturated rings. The fourth-order valence-corrected chi connectivity index (χ4v) is 3.71. The lowest BCUT2D eigenvalue weighted by Crippen LogP contribution is -2.46. The van der Waals surface area contributed by atoms with E-state index in [-0.39, 0.29) is 30.0 Å². The number of fused-ring (bicyclic) bond motifs is 1. The smallest absolute Gasteiger partial charge is 0.242 e. The van der Waals surface area contributed by atoms with Crippen LogP contribution in [0.15, 0.2) is 48.5 Å². The number of carbonyl (C=O) groups excluding carboxylic acids is 2. The summed E-state index contributed by atoms with van der Waals surface area (Å²) in [4.78, 5) is 28.1. The van der Waals surface area contributed by atoms with Gasteiger partial charge in [0.25, 0.3) is 0 Å². The summed E-state index contributed by atoms with van der Waals surface area (Å²) >= 11 is 0. The minimum Gasteiger partial charge on any atom is -0.357 e. The van der Waals surface area contributed by atoms with Crippen LogP contribution in [0, 0.1) is 11.7 Å². The molecule has 5 nitrogen and oxygen atoms in total. The summed E-state index contributed by atoms with van der Waals surface area (Å²) in [5.41, 5.74) is 3.58. The van der Waals surface area contributed by atoms with Gasteiger partial charge >= 0.3 is 0 Å². The van der Waals surface area contributed by atoms with Crippen LogP contribution in [0.5, 0.6) is 0 Å². The number of hydrogen-bond acceptors (Lipinski definition) is 2. The Morgan fingerprint density at radius 1 is 1.10 bits per heavy atom. The van der Waals surface area contributed by atoms with E-state index < -0.39 is 6.04 Å². The van der Waals surface area contributed by atoms with E-state index in [0.717, 1.165) is 27.7 Å². The summed E-state index contributed by atoms with van der Waals surface area (Å²) in [6.45, 7) is 4.02. The number of aryl methyl sites for hydroxylation is 1. The highest BCUT2D eigenvalue weighted by Gasteiger charge is 2.21. The molecule has 3 aromatic rings. The molecule has 0 radical (unpaired) electrons. The number of rotatable bonds is 8. The van der Waals surface area contributed by atoms with Crippen LogP contribution >= 0.6 is 0 Å². The fraction of sp³-hybridized carbons (Fsp3) is 0.333. The van der Waals surface area contributed by atoms with Crippen molar-refractivity contribution in [1.29, 1.82) is 0 Å². The Morgan fingerprint density at radius 3 is 2.50 bits per heavy atom. The largest absolute Gasteiger partial charge is 0.357 e. The molecule has 0 aliphatic rings. The molecular weight excluding hydrogens is 381 g/mol. The predicted molar refractivity (Wildman–Crippen MR) is 117 cm³/mol. The Hall–Kier alpha value is -3.15. The molecule has 0 aliphatic carbocycles. The minimum atomic E-state index is -0.559. The van der Waals surface area contributed by atoms with Crippen molar-refractivity contribution in [2.75, 3.05) is 7.05 Å². The Balaban J connectivity index is 1.83. The highest BCUT2D eigenvalue weighted by Crippen LogP contribution is 2.31. The molecule has 0 saturated carbocycles. The van der Waals surface area contributed by atoms with Gasteiger partial charge in [0.15, 0.2) is 0 Å². The van der Waals surface area contributed by atoms with Crippen LogP contribution in [0.2, 0.25) is 0 Å². The molecule has 0 aliphatic heterocycles. The van der Waals surface area contributed by atoms with Crippen LogP contribution < -0.4 is 10.6 Å². The first kappa shape index (κ1) is 21.6. The van der Waals surface area contributed by atoms with Crippen LogP contribution in [0.4, 0.5) is 4.39 Å². The first-order chi connectivity index (χ1) is 14.4. The first-order valence-corrected chi connectivity index (χ1v) is 10.3. The number of nitrogens with one attached hydrogen (secondary N) is 3. The topological polar surface area (TPSA) is 74.0 Å². The molecule has 1 unspecified atom stereocenters. The molecule has 3 rings (SSSR count). The van der Waals surface area contributed by atoms with Gasteiger partial charge in [0, 0.05) is 30.1 Å². The van der Waals surface area contributed by atoms with Crippen molar-refractivity contribution >= 4 is 22.7 Å². The third kappa shape index (κ3) is 5.06. The summed E-state index contributed by atoms with van der Waals surface area (Å²) in [5, 5.41) is 6.22. The highest BCUT2D eigenvalue weighted by atomic mass is 19.1. The minimum absolute atomic E-state index is 0.198. The number of amides is 2. The molecule has 1 aromatic heterocycles. The first-order valence-electron chi connectivity index (χ1n) is 10.3. The molecule has 2 aromatic carbocycles. The van der Waals surface area contributed by atoms with Gasteiger partial charge in [-0.05, 0) is 48.1 Å². The second-order valence-electron chi connectivity index (χ2n) is 7.90. The van der Waals surface area contributed by atoms with E-state index in [4.69, 9.17) is 0 Å². The van der Waals surface area contributed by atoms with E-state index in [2.05, 4.69) is 15.6 Å². The number of halogens is 1. The maximum atomic E-state index is 13.9. The van der Waals surface area contributed by atoms with Crippen molar-refractivity contribution in [3.8, 4) is 11.3 Å². The van der Waals surface area contributed by atoms with Crippen LogP contribution in [0.3, 0.4) is 0 Å². The Labute approximate surface area is 176 Å². The van der Waals surface area contributed by atoms with Gasteiger partial charge in [-0.2, -0.15) is 0 Å². The summed E-state index contributed by atoms with van der Waals surface area (Å²) in [7, 11) is 1.56. The van der Waals surface area contributed by atoms with Crippen molar-refractivity contribution in [1.82, 2.24) is 15.6 Å². The zero-order valence-corrected chi connectivity index (χ0v) is 17.6. The molecule has 3 N–H and O–H groups in total. The van der Waals surface area contributed by atoms with Crippen molar-refractivity contribution in [2.24, 2.45) is 5.92 Å². The van der Waals surface area contributed by atoms with Crippen LogP contribution in [0.25, 0.3) is 22.2 Å². The predicted octanol–water partition coefficient (Wildman–Crippen LogP) is 4.18. The number of H-pyrrole nitrogens is 1. The fourth-order valence-electron chi connectivity index (χ4n) is 3.71. The second-order valence-corrected chi connectivity index (χ2v) is 7.90. The zero-order valence-electron chi connectivity index (χ0n) is 17.6. The van der Waals surface area contributed by atoms with Crippen molar-refractivity contribution < 1.29 is 14.0 Å². The van der Waals surface area contributed by atoms with Crippen molar-refractivity contribution in [3.63, 3.8) is 0 Å². The Bertz CT molecular complexity index is 1030. The summed E-state index contributed by atoms with van der Waals surface area (Å²) in [5.74, 6) is -0.442. The van der Waals surface area contributed by atoms with E-state index in [1.165, 1.54) is 12.1 Å². The van der Waals surface area contributed by atoms with Crippen molar-refractivity contribution in [2.45, 2.75) is 39.2 Å². The Kier molecular flexibility index (Phi) is 6.87. The molecule has 30 heavy (non-hydrogen) atoms. The van der Waals surface area contributed by atoms with E-state index in [9.17, 15) is 14.0 Å². The molecule has 1 atom stereocenters. The van der Waals surface area contributed by atoms with Gasteiger partial charge in [-0.1, -0.05) is 44.2 Å². The summed E-state index contributed by atoms with van der Waals surface area (Å²) < 4.78 is 13.9. The molecule has 0 bridgehead atoms. The van der Waals surface area contributed by atoms with Crippen molar-refractivity contribution in [3.05, 3.63) is 59.9 Å². The normalized spacial score (nSPS) is 12.2. The van der Waals surface area contributed by atoms with E-state index in [1.807, 2.05) is 44.2 Å². The lowest BCUT2D eigenvalue weighted by Gasteiger charge is -2.19. The molecule has 158 valence electrons. The standard InChI is InChI=1S/C24H28FN3O2/c1-15(2)13-21(24(30)26-3)27-22(29)12-10-18-19-14-17(25)9-11-20(19)28-23(18)16-7-5-4-6-8-16/h4-9,11,14-15,21,28H,10,12-13H2,1-3H3,(H,26,30)(H,27,29). The monoisotopic (exact) mass is 409 g/mol. The molecule has 2 amide bonds. The number of carbonyl (C=O) groups is 2. The summed E-state index contributed by atoms with van der Waals surface area (Å²) in [6, 6.07) is 13.9. The van der Waals surface area contributed by atoms with Crippen LogP contribution in [-0.2, 0) is 16.0 Å². The Morgan fingerprint density at radius 2 is 1.83 bits per heavy atom. The van der Waals surface area contributed by atoms with Crippen LogP contribution in [0.1, 0.15) is 32.3 Å². The van der Waals surface area contributed by atoms with Gasteiger partial charge in [0.1, 0.15) is 11.9 Å². The number of hydrogen-bond donors (Lipinski definition) is 3. The third-order valence-electron chi connectivity index (χ3n) is 5.14. The van der Waals surface area contributed by atoms with E-state index in [0.29, 0.717) is 12.8 Å². The molecule has 1 heterocycles. The van der Waals surface area contributed by atoms with Gasteiger partial charge in [0.2, 0.25) is 11.8 Å². The molecule has 0 saturated heterocycles. The zero-order chi connectivity index (χ0) is 21.7. The summed E-state index contributed by atoms with van der Waals surface area (Å²) in [6.07, 6.45) is 1.20. The highest BCUT2D eigenvalue weighted by molar-refractivity contribution is 5.92. The molecule has 0 spiro atoms. The lowest BCUT2D eigenvalue weighted by molar-refractivity contribution is -0.129. The number of aromatic nitrogens is 1. The van der Waals surface area contributed by atoms with Gasteiger partial charge in [-0.15, -0.1) is 0 Å².